The van der Waals surface area contributed by atoms with E-state index >= 15 is 0 Å². The van der Waals surface area contributed by atoms with Crippen molar-refractivity contribution < 1.29 is 28.5 Å². The van der Waals surface area contributed by atoms with Crippen molar-refractivity contribution in [1.29, 1.82) is 0 Å². The summed E-state index contributed by atoms with van der Waals surface area (Å²) in [6.07, 6.45) is 4.38. The largest absolute Gasteiger partial charge is 0.444 e. The number of amides is 1. The van der Waals surface area contributed by atoms with E-state index < -0.39 is 41.3 Å². The smallest absolute Gasteiger partial charge is 0.411 e. The number of aliphatic hydroxyl groups is 2. The van der Waals surface area contributed by atoms with Crippen molar-refractivity contribution in [2.75, 3.05) is 0 Å². The predicted molar refractivity (Wildman–Crippen MR) is 165 cm³/mol. The second-order valence-electron chi connectivity index (χ2n) is 14.1. The third kappa shape index (κ3) is 9.39. The number of hydrogen-bond acceptors (Lipinski definition) is 4. The highest BCUT2D eigenvalue weighted by molar-refractivity contribution is 5.85. The van der Waals surface area contributed by atoms with Crippen molar-refractivity contribution in [3.63, 3.8) is 0 Å². The van der Waals surface area contributed by atoms with Crippen molar-refractivity contribution in [2.45, 2.75) is 123 Å². The number of aliphatic hydroxyl groups excluding tert-OH is 2. The van der Waals surface area contributed by atoms with E-state index in [0.717, 1.165) is 32.1 Å². The van der Waals surface area contributed by atoms with Gasteiger partial charge < -0.3 is 14.9 Å². The molecule has 2 aromatic carbocycles. The van der Waals surface area contributed by atoms with Crippen LogP contribution in [0.5, 0.6) is 0 Å². The SMILES string of the molecule is CC(C)(C)OC(=O)N1[C@H]([C@@H](O)c2ccccc2F)CCCC1(C)C.CC1(C)CCC[C@@H]([C@@H](O)c2ccccc2F)C1.Cl. The van der Waals surface area contributed by atoms with Gasteiger partial charge in [0.25, 0.3) is 0 Å². The van der Waals surface area contributed by atoms with E-state index in [9.17, 15) is 23.8 Å². The summed E-state index contributed by atoms with van der Waals surface area (Å²) in [4.78, 5) is 14.4. The van der Waals surface area contributed by atoms with Crippen molar-refractivity contribution in [3.05, 3.63) is 71.3 Å². The molecule has 0 spiro atoms. The molecular formula is C34H50ClF2NO4. The van der Waals surface area contributed by atoms with Crippen molar-refractivity contribution in [3.8, 4) is 0 Å². The molecule has 0 aromatic heterocycles. The highest BCUT2D eigenvalue weighted by atomic mass is 35.5. The molecule has 4 atom stereocenters. The maximum absolute atomic E-state index is 14.1. The van der Waals surface area contributed by atoms with Gasteiger partial charge in [-0.2, -0.15) is 0 Å². The molecule has 8 heteroatoms. The fourth-order valence-electron chi connectivity index (χ4n) is 6.35. The first-order valence-electron chi connectivity index (χ1n) is 14.9. The summed E-state index contributed by atoms with van der Waals surface area (Å²) in [7, 11) is 0. The normalized spacial score (nSPS) is 23.0. The Morgan fingerprint density at radius 3 is 1.88 bits per heavy atom. The van der Waals surface area contributed by atoms with Crippen molar-refractivity contribution in [1.82, 2.24) is 4.90 Å². The molecule has 1 heterocycles. The van der Waals surface area contributed by atoms with Gasteiger partial charge in [-0.15, -0.1) is 12.4 Å². The summed E-state index contributed by atoms with van der Waals surface area (Å²) in [5.74, 6) is -0.559. The lowest BCUT2D eigenvalue weighted by atomic mass is 9.70. The van der Waals surface area contributed by atoms with E-state index in [2.05, 4.69) is 13.8 Å². The van der Waals surface area contributed by atoms with Gasteiger partial charge in [0.05, 0.1) is 12.1 Å². The van der Waals surface area contributed by atoms with Gasteiger partial charge in [0.2, 0.25) is 0 Å². The van der Waals surface area contributed by atoms with E-state index in [4.69, 9.17) is 4.74 Å². The number of ether oxygens (including phenoxy) is 1. The molecule has 2 fully saturated rings. The van der Waals surface area contributed by atoms with Gasteiger partial charge in [0, 0.05) is 16.7 Å². The van der Waals surface area contributed by atoms with Crippen LogP contribution < -0.4 is 0 Å². The Kier molecular flexibility index (Phi) is 12.4. The Hall–Kier alpha value is -2.22. The summed E-state index contributed by atoms with van der Waals surface area (Å²) < 4.78 is 33.3. The van der Waals surface area contributed by atoms with E-state index in [-0.39, 0.29) is 35.1 Å². The van der Waals surface area contributed by atoms with Gasteiger partial charge in [-0.05, 0) is 96.6 Å². The maximum Gasteiger partial charge on any atom is 0.411 e. The molecule has 0 unspecified atom stereocenters. The van der Waals surface area contributed by atoms with Gasteiger partial charge in [0.15, 0.2) is 0 Å². The van der Waals surface area contributed by atoms with Gasteiger partial charge in [-0.25, -0.2) is 13.6 Å². The minimum absolute atomic E-state index is 0. The number of carbonyl (C=O) groups excluding carboxylic acids is 1. The van der Waals surface area contributed by atoms with Gasteiger partial charge >= 0.3 is 6.09 Å². The van der Waals surface area contributed by atoms with Crippen LogP contribution >= 0.6 is 12.4 Å². The molecule has 1 saturated carbocycles. The quantitative estimate of drug-likeness (QED) is 0.363. The molecule has 236 valence electrons. The average Bonchev–Trinajstić information content (AvgIpc) is 2.86. The second kappa shape index (κ2) is 14.5. The zero-order chi connectivity index (χ0) is 30.6. The van der Waals surface area contributed by atoms with E-state index in [0.29, 0.717) is 12.0 Å². The Morgan fingerprint density at radius 2 is 1.38 bits per heavy atom. The molecule has 2 aromatic rings. The molecule has 2 aliphatic rings. The van der Waals surface area contributed by atoms with Crippen LogP contribution in [-0.4, -0.2) is 38.4 Å². The summed E-state index contributed by atoms with van der Waals surface area (Å²) in [5.41, 5.74) is -0.144. The maximum atomic E-state index is 14.1. The minimum atomic E-state index is -1.08. The topological polar surface area (TPSA) is 70.0 Å². The molecule has 0 bridgehead atoms. The standard InChI is InChI=1S/C19H28FNO3.C15H21FO.ClH/c1-18(2,3)24-17(23)21-15(11-8-12-19(21,4)5)16(22)13-9-6-7-10-14(13)20;1-15(2)9-5-6-11(10-15)14(17)12-7-3-4-8-13(12)16;/h6-7,9-10,15-16,22H,8,11-12H2,1-5H3;3-4,7-8,11,14,17H,5-6,9-10H2,1-2H3;1H/t15-,16-;11-,14-;/m01./s1. The number of halogens is 3. The summed E-state index contributed by atoms with van der Waals surface area (Å²) in [6, 6.07) is 12.2. The monoisotopic (exact) mass is 609 g/mol. The van der Waals surface area contributed by atoms with Crippen LogP contribution in [0, 0.1) is 23.0 Å². The first-order chi connectivity index (χ1) is 19.0. The molecule has 1 aliphatic heterocycles. The third-order valence-electron chi connectivity index (χ3n) is 8.36. The number of hydrogen-bond donors (Lipinski definition) is 2. The third-order valence-corrected chi connectivity index (χ3v) is 8.36. The van der Waals surface area contributed by atoms with Crippen LogP contribution in [-0.2, 0) is 4.74 Å². The summed E-state index contributed by atoms with van der Waals surface area (Å²) >= 11 is 0. The molecule has 2 N–H and O–H groups in total. The van der Waals surface area contributed by atoms with Crippen LogP contribution in [0.3, 0.4) is 0 Å². The molecule has 42 heavy (non-hydrogen) atoms. The highest BCUT2D eigenvalue weighted by Crippen LogP contribution is 2.44. The number of piperidine rings is 1. The Labute approximate surface area is 257 Å². The van der Waals surface area contributed by atoms with Gasteiger partial charge in [-0.1, -0.05) is 56.7 Å². The highest BCUT2D eigenvalue weighted by Gasteiger charge is 2.45. The predicted octanol–water partition coefficient (Wildman–Crippen LogP) is 8.92. The van der Waals surface area contributed by atoms with E-state index in [1.54, 1.807) is 41.3 Å². The molecule has 4 rings (SSSR count). The van der Waals surface area contributed by atoms with Crippen LogP contribution in [0.4, 0.5) is 13.6 Å². The molecular weight excluding hydrogens is 560 g/mol. The molecule has 1 aliphatic carbocycles. The zero-order valence-electron chi connectivity index (χ0n) is 26.2. The fourth-order valence-corrected chi connectivity index (χ4v) is 6.35. The molecule has 1 amide bonds. The van der Waals surface area contributed by atoms with Crippen molar-refractivity contribution >= 4 is 18.5 Å². The van der Waals surface area contributed by atoms with Crippen LogP contribution in [0.1, 0.15) is 117 Å². The number of nitrogens with zero attached hydrogens (tertiary/aromatic N) is 1. The van der Waals surface area contributed by atoms with Crippen LogP contribution in [0.15, 0.2) is 48.5 Å². The lowest BCUT2D eigenvalue weighted by Crippen LogP contribution is -2.58. The Bertz CT molecular complexity index is 1170. The lowest BCUT2D eigenvalue weighted by Gasteiger charge is -2.49. The molecule has 0 radical (unpaired) electrons. The molecule has 5 nitrogen and oxygen atoms in total. The van der Waals surface area contributed by atoms with E-state index in [1.807, 2.05) is 34.6 Å². The zero-order valence-corrected chi connectivity index (χ0v) is 27.0. The number of carbonyl (C=O) groups is 1. The molecule has 1 saturated heterocycles. The van der Waals surface area contributed by atoms with Gasteiger partial charge in [-0.3, -0.25) is 4.90 Å². The number of rotatable bonds is 4. The average molecular weight is 610 g/mol. The first kappa shape index (κ1) is 36.0. The summed E-state index contributed by atoms with van der Waals surface area (Å²) in [5, 5.41) is 21.1. The van der Waals surface area contributed by atoms with Crippen LogP contribution in [0.2, 0.25) is 0 Å². The first-order valence-corrected chi connectivity index (χ1v) is 14.9. The fraction of sp³-hybridized carbons (Fsp3) is 0.618. The van der Waals surface area contributed by atoms with E-state index in [1.165, 1.54) is 18.6 Å². The lowest BCUT2D eigenvalue weighted by molar-refractivity contribution is -0.0581. The van der Waals surface area contributed by atoms with Gasteiger partial charge in [0.1, 0.15) is 23.3 Å². The Morgan fingerprint density at radius 1 is 0.881 bits per heavy atom. The van der Waals surface area contributed by atoms with Crippen LogP contribution in [0.25, 0.3) is 0 Å². The number of benzene rings is 2. The summed E-state index contributed by atoms with van der Waals surface area (Å²) in [6.45, 7) is 13.8. The Balaban J connectivity index is 0.000000302. The number of likely N-dealkylation sites (tertiary alicyclic amines) is 1. The minimum Gasteiger partial charge on any atom is -0.444 e. The van der Waals surface area contributed by atoms with Crippen molar-refractivity contribution in [2.24, 2.45) is 11.3 Å². The second-order valence-corrected chi connectivity index (χ2v) is 14.1.